The van der Waals surface area contributed by atoms with Crippen molar-refractivity contribution in [3.8, 4) is 0 Å². The van der Waals surface area contributed by atoms with E-state index < -0.39 is 24.5 Å². The minimum atomic E-state index is -0.957. The number of hydrogen-bond acceptors (Lipinski definition) is 7. The fourth-order valence-electron chi connectivity index (χ4n) is 2.46. The zero-order valence-electron chi connectivity index (χ0n) is 10.6. The number of halogens is 1. The van der Waals surface area contributed by atoms with Crippen LogP contribution in [-0.2, 0) is 4.74 Å². The number of imidazole rings is 1. The first-order chi connectivity index (χ1) is 9.52. The zero-order valence-corrected chi connectivity index (χ0v) is 10.6. The standard InChI is InChI=1S/C11H14FN5O3/c1-4-7(19)5(2-18)20-10(4)17-3-14-6-8(13)15-11(12)16-9(6)17/h3-5,7,10,18-19H,2H2,1H3,(H2,13,15,16)/t4-,5+,7-,10+/m0/s1. The predicted molar refractivity (Wildman–Crippen MR) is 65.9 cm³/mol. The van der Waals surface area contributed by atoms with Gasteiger partial charge in [-0.15, -0.1) is 0 Å². The second kappa shape index (κ2) is 4.62. The fraction of sp³-hybridized carbons (Fsp3) is 0.545. The van der Waals surface area contributed by atoms with Crippen molar-refractivity contribution >= 4 is 17.0 Å². The molecule has 4 atom stereocenters. The normalized spacial score (nSPS) is 30.2. The van der Waals surface area contributed by atoms with Crippen LogP contribution in [0.15, 0.2) is 6.33 Å². The zero-order chi connectivity index (χ0) is 14.4. The van der Waals surface area contributed by atoms with Gasteiger partial charge in [-0.05, 0) is 0 Å². The van der Waals surface area contributed by atoms with Gasteiger partial charge in [0.25, 0.3) is 0 Å². The number of nitrogens with two attached hydrogens (primary N) is 1. The molecule has 1 aliphatic heterocycles. The minimum absolute atomic E-state index is 0.0591. The van der Waals surface area contributed by atoms with E-state index in [2.05, 4.69) is 15.0 Å². The Morgan fingerprint density at radius 1 is 1.50 bits per heavy atom. The number of aromatic nitrogens is 4. The summed E-state index contributed by atoms with van der Waals surface area (Å²) in [6.45, 7) is 1.46. The first-order valence-corrected chi connectivity index (χ1v) is 6.13. The van der Waals surface area contributed by atoms with Crippen LogP contribution in [0.2, 0.25) is 0 Å². The molecule has 0 amide bonds. The number of hydrogen-bond donors (Lipinski definition) is 3. The van der Waals surface area contributed by atoms with Crippen LogP contribution < -0.4 is 5.73 Å². The average molecular weight is 283 g/mol. The highest BCUT2D eigenvalue weighted by atomic mass is 19.1. The van der Waals surface area contributed by atoms with Gasteiger partial charge in [-0.25, -0.2) is 4.98 Å². The molecule has 0 radical (unpaired) electrons. The number of fused-ring (bicyclic) bond motifs is 1. The minimum Gasteiger partial charge on any atom is -0.394 e. The van der Waals surface area contributed by atoms with Crippen molar-refractivity contribution in [1.82, 2.24) is 19.5 Å². The number of aliphatic hydroxyl groups excluding tert-OH is 2. The summed E-state index contributed by atoms with van der Waals surface area (Å²) in [5, 5.41) is 19.1. The Morgan fingerprint density at radius 2 is 2.25 bits per heavy atom. The maximum atomic E-state index is 13.3. The Hall–Kier alpha value is -1.84. The molecule has 0 unspecified atom stereocenters. The molecule has 8 nitrogen and oxygen atoms in total. The first-order valence-electron chi connectivity index (χ1n) is 6.13. The molecule has 108 valence electrons. The van der Waals surface area contributed by atoms with Crippen LogP contribution in [0.1, 0.15) is 13.2 Å². The summed E-state index contributed by atoms with van der Waals surface area (Å²) < 4.78 is 20.3. The molecule has 0 saturated carbocycles. The predicted octanol–water partition coefficient (Wildman–Crippen LogP) is -0.566. The van der Waals surface area contributed by atoms with Gasteiger partial charge < -0.3 is 20.7 Å². The van der Waals surface area contributed by atoms with Crippen LogP contribution >= 0.6 is 0 Å². The lowest BCUT2D eigenvalue weighted by Crippen LogP contribution is -2.28. The lowest BCUT2D eigenvalue weighted by molar-refractivity contribution is -0.0447. The van der Waals surface area contributed by atoms with Crippen LogP contribution in [0, 0.1) is 12.0 Å². The van der Waals surface area contributed by atoms with Crippen molar-refractivity contribution in [2.45, 2.75) is 25.4 Å². The average Bonchev–Trinajstić information content (AvgIpc) is 2.93. The third-order valence-electron chi connectivity index (χ3n) is 3.56. The molecule has 3 rings (SSSR count). The van der Waals surface area contributed by atoms with Gasteiger partial charge in [-0.2, -0.15) is 14.4 Å². The maximum Gasteiger partial charge on any atom is 0.312 e. The van der Waals surface area contributed by atoms with Gasteiger partial charge in [-0.1, -0.05) is 6.92 Å². The molecule has 0 aromatic carbocycles. The highest BCUT2D eigenvalue weighted by Gasteiger charge is 2.42. The Balaban J connectivity index is 2.07. The molecule has 1 fully saturated rings. The Morgan fingerprint density at radius 3 is 2.90 bits per heavy atom. The summed E-state index contributed by atoms with van der Waals surface area (Å²) in [4.78, 5) is 11.1. The van der Waals surface area contributed by atoms with Crippen molar-refractivity contribution in [2.24, 2.45) is 5.92 Å². The summed E-state index contributed by atoms with van der Waals surface area (Å²) in [5.74, 6) is -0.375. The summed E-state index contributed by atoms with van der Waals surface area (Å²) in [6.07, 6.45) is -1.69. The molecular formula is C11H14FN5O3. The van der Waals surface area contributed by atoms with Crippen molar-refractivity contribution < 1.29 is 19.3 Å². The Kier molecular flexibility index (Phi) is 3.04. The molecule has 9 heteroatoms. The largest absolute Gasteiger partial charge is 0.394 e. The molecule has 2 aromatic rings. The van der Waals surface area contributed by atoms with Crippen LogP contribution in [0.25, 0.3) is 11.2 Å². The van der Waals surface area contributed by atoms with E-state index in [0.717, 1.165) is 0 Å². The summed E-state index contributed by atoms with van der Waals surface area (Å²) in [5.41, 5.74) is 6.05. The molecule has 0 spiro atoms. The fourth-order valence-corrected chi connectivity index (χ4v) is 2.46. The number of nitrogens with zero attached hydrogens (tertiary/aromatic N) is 4. The quantitative estimate of drug-likeness (QED) is 0.631. The van der Waals surface area contributed by atoms with Crippen molar-refractivity contribution in [3.63, 3.8) is 0 Å². The van der Waals surface area contributed by atoms with Gasteiger partial charge in [0.1, 0.15) is 12.3 Å². The molecule has 2 aromatic heterocycles. The van der Waals surface area contributed by atoms with E-state index in [1.54, 1.807) is 6.92 Å². The van der Waals surface area contributed by atoms with E-state index in [4.69, 9.17) is 15.6 Å². The van der Waals surface area contributed by atoms with Gasteiger partial charge in [0.2, 0.25) is 0 Å². The molecule has 1 saturated heterocycles. The van der Waals surface area contributed by atoms with Gasteiger partial charge in [0.15, 0.2) is 17.0 Å². The number of ether oxygens (including phenoxy) is 1. The highest BCUT2D eigenvalue weighted by molar-refractivity contribution is 5.81. The van der Waals surface area contributed by atoms with E-state index in [1.807, 2.05) is 0 Å². The monoisotopic (exact) mass is 283 g/mol. The van der Waals surface area contributed by atoms with Gasteiger partial charge in [0.05, 0.1) is 19.0 Å². The van der Waals surface area contributed by atoms with Crippen LogP contribution in [0.3, 0.4) is 0 Å². The van der Waals surface area contributed by atoms with Crippen LogP contribution in [0.5, 0.6) is 0 Å². The van der Waals surface area contributed by atoms with E-state index in [0.29, 0.717) is 0 Å². The Bertz CT molecular complexity index is 648. The number of rotatable bonds is 2. The highest BCUT2D eigenvalue weighted by Crippen LogP contribution is 2.36. The molecular weight excluding hydrogens is 269 g/mol. The smallest absolute Gasteiger partial charge is 0.312 e. The second-order valence-corrected chi connectivity index (χ2v) is 4.80. The summed E-state index contributed by atoms with van der Waals surface area (Å²) >= 11 is 0. The van der Waals surface area contributed by atoms with Gasteiger partial charge in [0, 0.05) is 5.92 Å². The van der Waals surface area contributed by atoms with E-state index >= 15 is 0 Å². The third kappa shape index (κ3) is 1.82. The molecule has 4 N–H and O–H groups in total. The molecule has 0 aliphatic carbocycles. The van der Waals surface area contributed by atoms with Gasteiger partial charge in [-0.3, -0.25) is 4.57 Å². The summed E-state index contributed by atoms with van der Waals surface area (Å²) in [6, 6.07) is 0. The van der Waals surface area contributed by atoms with Gasteiger partial charge >= 0.3 is 6.08 Å². The number of aliphatic hydroxyl groups is 2. The lowest BCUT2D eigenvalue weighted by Gasteiger charge is -2.17. The van der Waals surface area contributed by atoms with Crippen molar-refractivity contribution in [1.29, 1.82) is 0 Å². The topological polar surface area (TPSA) is 119 Å². The third-order valence-corrected chi connectivity index (χ3v) is 3.56. The van der Waals surface area contributed by atoms with Crippen molar-refractivity contribution in [2.75, 3.05) is 12.3 Å². The van der Waals surface area contributed by atoms with Crippen molar-refractivity contribution in [3.05, 3.63) is 12.4 Å². The number of nitrogen functional groups attached to an aromatic ring is 1. The number of anilines is 1. The van der Waals surface area contributed by atoms with Crippen LogP contribution in [-0.4, -0.2) is 48.5 Å². The Labute approximate surface area is 113 Å². The molecule has 1 aliphatic rings. The maximum absolute atomic E-state index is 13.3. The van der Waals surface area contributed by atoms with E-state index in [1.165, 1.54) is 10.9 Å². The lowest BCUT2D eigenvalue weighted by atomic mass is 10.0. The van der Waals surface area contributed by atoms with Crippen LogP contribution in [0.4, 0.5) is 10.2 Å². The SMILES string of the molecule is C[C@H]1[C@H](O)[C@@H](CO)O[C@H]1n1cnc2c(N)nc(F)nc21. The summed E-state index contributed by atoms with van der Waals surface area (Å²) in [7, 11) is 0. The first kappa shape index (κ1) is 13.2. The second-order valence-electron chi connectivity index (χ2n) is 4.80. The molecule has 20 heavy (non-hydrogen) atoms. The van der Waals surface area contributed by atoms with E-state index in [-0.39, 0.29) is 29.5 Å². The van der Waals surface area contributed by atoms with E-state index in [9.17, 15) is 9.50 Å². The molecule has 0 bridgehead atoms. The molecule has 3 heterocycles.